The summed E-state index contributed by atoms with van der Waals surface area (Å²) >= 11 is 5.84. The Morgan fingerprint density at radius 1 is 1.38 bits per heavy atom. The summed E-state index contributed by atoms with van der Waals surface area (Å²) in [5, 5.41) is 12.0. The van der Waals surface area contributed by atoms with Crippen LogP contribution in [0.3, 0.4) is 0 Å². The second-order valence-electron chi connectivity index (χ2n) is 4.45. The van der Waals surface area contributed by atoms with Crippen molar-refractivity contribution in [1.82, 2.24) is 4.57 Å². The van der Waals surface area contributed by atoms with Gasteiger partial charge in [-0.05, 0) is 37.3 Å². The molecule has 0 fully saturated rings. The van der Waals surface area contributed by atoms with Crippen LogP contribution in [0.5, 0.6) is 0 Å². The zero-order chi connectivity index (χ0) is 15.4. The summed E-state index contributed by atoms with van der Waals surface area (Å²) < 4.78 is 1.26. The van der Waals surface area contributed by atoms with Crippen LogP contribution in [-0.2, 0) is 11.3 Å². The summed E-state index contributed by atoms with van der Waals surface area (Å²) in [7, 11) is 0. The molecule has 6 heteroatoms. The second kappa shape index (κ2) is 6.25. The van der Waals surface area contributed by atoms with Crippen LogP contribution in [-0.4, -0.2) is 10.5 Å². The smallest absolute Gasteiger partial charge is 0.269 e. The van der Waals surface area contributed by atoms with Gasteiger partial charge < -0.3 is 9.88 Å². The molecule has 1 aromatic heterocycles. The van der Waals surface area contributed by atoms with Gasteiger partial charge >= 0.3 is 0 Å². The van der Waals surface area contributed by atoms with E-state index in [-0.39, 0.29) is 18.0 Å². The number of carbonyl (C=O) groups is 1. The molecule has 1 amide bonds. The number of anilines is 1. The molecule has 0 spiro atoms. The molecule has 0 radical (unpaired) electrons. The number of hydrogen-bond donors (Lipinski definition) is 1. The maximum Gasteiger partial charge on any atom is 0.269 e. The fraction of sp³-hybridized carbons (Fsp3) is 0.133. The lowest BCUT2D eigenvalue weighted by Gasteiger charge is -2.10. The van der Waals surface area contributed by atoms with Gasteiger partial charge in [0.05, 0.1) is 0 Å². The molecular weight excluding hydrogens is 290 g/mol. The summed E-state index contributed by atoms with van der Waals surface area (Å²) in [6, 6.07) is 11.6. The first-order chi connectivity index (χ1) is 10.0. The van der Waals surface area contributed by atoms with Gasteiger partial charge in [0, 0.05) is 16.4 Å². The molecule has 2 rings (SSSR count). The van der Waals surface area contributed by atoms with E-state index < -0.39 is 5.56 Å². The summed E-state index contributed by atoms with van der Waals surface area (Å²) in [5.41, 5.74) is 0.699. The molecule has 0 saturated heterocycles. The van der Waals surface area contributed by atoms with Crippen LogP contribution in [0.15, 0.2) is 41.2 Å². The van der Waals surface area contributed by atoms with Gasteiger partial charge in [0.2, 0.25) is 5.91 Å². The first kappa shape index (κ1) is 14.8. The molecule has 0 aliphatic carbocycles. The minimum absolute atomic E-state index is 0.0103. The molecule has 2 aromatic rings. The Labute approximate surface area is 126 Å². The van der Waals surface area contributed by atoms with Crippen molar-refractivity contribution in [3.05, 3.63) is 63.0 Å². The lowest BCUT2D eigenvalue weighted by atomic mass is 10.2. The minimum Gasteiger partial charge on any atom is -0.324 e. The molecular formula is C15H12ClN3O2. The number of aryl methyl sites for hydroxylation is 1. The number of pyridine rings is 1. The number of halogens is 1. The highest BCUT2D eigenvalue weighted by Gasteiger charge is 2.10. The Bertz CT molecular complexity index is 790. The number of carbonyl (C=O) groups excluding carboxylic acids is 1. The van der Waals surface area contributed by atoms with E-state index in [1.807, 2.05) is 6.07 Å². The monoisotopic (exact) mass is 301 g/mol. The fourth-order valence-electron chi connectivity index (χ4n) is 1.86. The Morgan fingerprint density at radius 3 is 2.81 bits per heavy atom. The van der Waals surface area contributed by atoms with E-state index in [4.69, 9.17) is 16.9 Å². The van der Waals surface area contributed by atoms with Crippen LogP contribution in [0.25, 0.3) is 0 Å². The van der Waals surface area contributed by atoms with Gasteiger partial charge in [0.25, 0.3) is 5.56 Å². The Morgan fingerprint density at radius 2 is 2.14 bits per heavy atom. The number of hydrogen-bond acceptors (Lipinski definition) is 3. The quantitative estimate of drug-likeness (QED) is 0.945. The van der Waals surface area contributed by atoms with Gasteiger partial charge in [0.1, 0.15) is 18.2 Å². The lowest BCUT2D eigenvalue weighted by molar-refractivity contribution is -0.116. The molecule has 0 bridgehead atoms. The van der Waals surface area contributed by atoms with E-state index in [1.165, 1.54) is 10.6 Å². The van der Waals surface area contributed by atoms with Gasteiger partial charge in [-0.15, -0.1) is 0 Å². The highest BCUT2D eigenvalue weighted by Crippen LogP contribution is 2.14. The average Bonchev–Trinajstić information content (AvgIpc) is 2.43. The summed E-state index contributed by atoms with van der Waals surface area (Å²) in [6.45, 7) is 1.54. The maximum atomic E-state index is 12.0. The molecule has 21 heavy (non-hydrogen) atoms. The lowest BCUT2D eigenvalue weighted by Crippen LogP contribution is -2.30. The van der Waals surface area contributed by atoms with Crippen molar-refractivity contribution in [2.24, 2.45) is 0 Å². The standard InChI is InChI=1S/C15H12ClN3O2/c1-10-5-6-11(8-17)15(21)19(10)9-14(20)18-13-4-2-3-12(16)7-13/h2-7H,9H2,1H3,(H,18,20). The summed E-state index contributed by atoms with van der Waals surface area (Å²) in [4.78, 5) is 24.0. The van der Waals surface area contributed by atoms with Crippen molar-refractivity contribution in [3.8, 4) is 6.07 Å². The number of nitriles is 1. The van der Waals surface area contributed by atoms with Crippen LogP contribution in [0, 0.1) is 18.3 Å². The van der Waals surface area contributed by atoms with E-state index in [0.29, 0.717) is 16.4 Å². The van der Waals surface area contributed by atoms with E-state index in [0.717, 1.165) is 0 Å². The number of rotatable bonds is 3. The minimum atomic E-state index is -0.473. The average molecular weight is 302 g/mol. The predicted molar refractivity (Wildman–Crippen MR) is 80.2 cm³/mol. The van der Waals surface area contributed by atoms with Crippen LogP contribution < -0.4 is 10.9 Å². The first-order valence-corrected chi connectivity index (χ1v) is 6.55. The topological polar surface area (TPSA) is 74.9 Å². The zero-order valence-corrected chi connectivity index (χ0v) is 12.0. The number of amides is 1. The van der Waals surface area contributed by atoms with Crippen molar-refractivity contribution in [2.45, 2.75) is 13.5 Å². The largest absolute Gasteiger partial charge is 0.324 e. The molecule has 0 unspecified atom stereocenters. The summed E-state index contributed by atoms with van der Waals surface area (Å²) in [5.74, 6) is -0.363. The normalized spacial score (nSPS) is 9.95. The molecule has 0 saturated carbocycles. The molecule has 1 aromatic carbocycles. The third kappa shape index (κ3) is 3.50. The van der Waals surface area contributed by atoms with E-state index in [1.54, 1.807) is 37.3 Å². The number of benzene rings is 1. The zero-order valence-electron chi connectivity index (χ0n) is 11.3. The third-order valence-corrected chi connectivity index (χ3v) is 3.16. The van der Waals surface area contributed by atoms with Gasteiger partial charge in [-0.3, -0.25) is 9.59 Å². The van der Waals surface area contributed by atoms with Crippen molar-refractivity contribution in [2.75, 3.05) is 5.32 Å². The predicted octanol–water partition coefficient (Wildman–Crippen LogP) is 2.32. The van der Waals surface area contributed by atoms with Gasteiger partial charge in [-0.2, -0.15) is 5.26 Å². The van der Waals surface area contributed by atoms with Crippen LogP contribution >= 0.6 is 11.6 Å². The molecule has 0 atom stereocenters. The highest BCUT2D eigenvalue weighted by molar-refractivity contribution is 6.30. The Hall–Kier alpha value is -2.58. The number of aromatic nitrogens is 1. The van der Waals surface area contributed by atoms with E-state index in [2.05, 4.69) is 5.32 Å². The van der Waals surface area contributed by atoms with Crippen molar-refractivity contribution in [1.29, 1.82) is 5.26 Å². The maximum absolute atomic E-state index is 12.0. The summed E-state index contributed by atoms with van der Waals surface area (Å²) in [6.07, 6.45) is 0. The molecule has 0 aliphatic rings. The van der Waals surface area contributed by atoms with Gasteiger partial charge in [0.15, 0.2) is 0 Å². The van der Waals surface area contributed by atoms with Gasteiger partial charge in [-0.25, -0.2) is 0 Å². The van der Waals surface area contributed by atoms with Crippen molar-refractivity contribution in [3.63, 3.8) is 0 Å². The molecule has 5 nitrogen and oxygen atoms in total. The van der Waals surface area contributed by atoms with Crippen LogP contribution in [0.1, 0.15) is 11.3 Å². The van der Waals surface area contributed by atoms with Gasteiger partial charge in [-0.1, -0.05) is 17.7 Å². The molecule has 0 aliphatic heterocycles. The van der Waals surface area contributed by atoms with Crippen molar-refractivity contribution < 1.29 is 4.79 Å². The SMILES string of the molecule is Cc1ccc(C#N)c(=O)n1CC(=O)Nc1cccc(Cl)c1. The molecule has 1 heterocycles. The third-order valence-electron chi connectivity index (χ3n) is 2.92. The van der Waals surface area contributed by atoms with Crippen LogP contribution in [0.4, 0.5) is 5.69 Å². The number of nitrogens with one attached hydrogen (secondary N) is 1. The fourth-order valence-corrected chi connectivity index (χ4v) is 2.05. The van der Waals surface area contributed by atoms with E-state index in [9.17, 15) is 9.59 Å². The Balaban J connectivity index is 2.21. The van der Waals surface area contributed by atoms with Crippen LogP contribution in [0.2, 0.25) is 5.02 Å². The second-order valence-corrected chi connectivity index (χ2v) is 4.89. The molecule has 1 N–H and O–H groups in total. The van der Waals surface area contributed by atoms with Crippen molar-refractivity contribution >= 4 is 23.2 Å². The molecule has 106 valence electrons. The highest BCUT2D eigenvalue weighted by atomic mass is 35.5. The first-order valence-electron chi connectivity index (χ1n) is 6.17. The number of nitrogens with zero attached hydrogens (tertiary/aromatic N) is 2. The Kier molecular flexibility index (Phi) is 4.41. The van der Waals surface area contributed by atoms with E-state index >= 15 is 0 Å².